The minimum absolute atomic E-state index is 0.227. The maximum Gasteiger partial charge on any atom is 0.243 e. The summed E-state index contributed by atoms with van der Waals surface area (Å²) < 4.78 is 11.6. The van der Waals surface area contributed by atoms with Gasteiger partial charge in [0.15, 0.2) is 0 Å². The van der Waals surface area contributed by atoms with Gasteiger partial charge < -0.3 is 14.6 Å². The minimum Gasteiger partial charge on any atom is -0.367 e. The summed E-state index contributed by atoms with van der Waals surface area (Å²) in [5.41, 5.74) is 0.0464. The van der Waals surface area contributed by atoms with Gasteiger partial charge in [-0.2, -0.15) is 4.98 Å². The number of hydrogen-bond donors (Lipinski definition) is 1. The number of nitrogens with zero attached hydrogens (tertiary/aromatic N) is 2. The molecule has 2 fully saturated rings. The normalized spacial score (nSPS) is 27.9. The molecule has 5 heteroatoms. The highest BCUT2D eigenvalue weighted by molar-refractivity contribution is 5.07. The van der Waals surface area contributed by atoms with Crippen molar-refractivity contribution in [3.05, 3.63) is 11.7 Å². The second-order valence-corrected chi connectivity index (χ2v) is 7.20. The van der Waals surface area contributed by atoms with E-state index in [4.69, 9.17) is 9.26 Å². The van der Waals surface area contributed by atoms with E-state index in [0.717, 1.165) is 50.4 Å². The minimum atomic E-state index is -0.343. The van der Waals surface area contributed by atoms with Gasteiger partial charge in [0.1, 0.15) is 5.60 Å². The topological polar surface area (TPSA) is 60.2 Å². The summed E-state index contributed by atoms with van der Waals surface area (Å²) in [6.07, 6.45) is 6.48. The molecule has 0 radical (unpaired) electrons. The summed E-state index contributed by atoms with van der Waals surface area (Å²) in [4.78, 5) is 4.69. The van der Waals surface area contributed by atoms with Crippen molar-refractivity contribution in [2.45, 2.75) is 70.9 Å². The molecule has 0 bridgehead atoms. The van der Waals surface area contributed by atoms with Gasteiger partial charge in [0.05, 0.1) is 6.04 Å². The lowest BCUT2D eigenvalue weighted by atomic mass is 9.70. The molecule has 1 saturated heterocycles. The molecule has 1 N–H and O–H groups in total. The van der Waals surface area contributed by atoms with Crippen molar-refractivity contribution in [3.8, 4) is 0 Å². The molecule has 1 atom stereocenters. The molecule has 1 aromatic heterocycles. The highest BCUT2D eigenvalue weighted by Crippen LogP contribution is 2.46. The predicted octanol–water partition coefficient (Wildman–Crippen LogP) is 3.33. The van der Waals surface area contributed by atoms with Crippen molar-refractivity contribution in [1.29, 1.82) is 0 Å². The van der Waals surface area contributed by atoms with Gasteiger partial charge in [-0.3, -0.25) is 0 Å². The zero-order valence-electron chi connectivity index (χ0n) is 13.4. The predicted molar refractivity (Wildman–Crippen MR) is 79.8 cm³/mol. The summed E-state index contributed by atoms with van der Waals surface area (Å²) in [5.74, 6) is 1.48. The molecular weight excluding hydrogens is 266 g/mol. The Morgan fingerprint density at radius 3 is 2.67 bits per heavy atom. The van der Waals surface area contributed by atoms with Crippen molar-refractivity contribution in [3.63, 3.8) is 0 Å². The third-order valence-corrected chi connectivity index (χ3v) is 5.04. The SMILES string of the molecule is CCOC1(c2noc([C@H]3CCCN3)n2)CCC(C)(C)CC1. The average molecular weight is 293 g/mol. The molecule has 0 aromatic carbocycles. The van der Waals surface area contributed by atoms with E-state index < -0.39 is 0 Å². The Kier molecular flexibility index (Phi) is 4.06. The first-order valence-electron chi connectivity index (χ1n) is 8.26. The zero-order chi connectivity index (χ0) is 14.9. The number of nitrogens with one attached hydrogen (secondary N) is 1. The van der Waals surface area contributed by atoms with Gasteiger partial charge in [-0.1, -0.05) is 19.0 Å². The van der Waals surface area contributed by atoms with Crippen LogP contribution >= 0.6 is 0 Å². The van der Waals surface area contributed by atoms with Crippen LogP contribution in [0.5, 0.6) is 0 Å². The van der Waals surface area contributed by atoms with Crippen LogP contribution in [0.25, 0.3) is 0 Å². The van der Waals surface area contributed by atoms with Gasteiger partial charge in [-0.15, -0.1) is 0 Å². The fourth-order valence-electron chi connectivity index (χ4n) is 3.50. The van der Waals surface area contributed by atoms with Crippen molar-refractivity contribution in [2.75, 3.05) is 13.2 Å². The molecule has 1 saturated carbocycles. The van der Waals surface area contributed by atoms with E-state index in [2.05, 4.69) is 29.3 Å². The van der Waals surface area contributed by atoms with Gasteiger partial charge in [0.25, 0.3) is 0 Å². The molecule has 0 unspecified atom stereocenters. The number of hydrogen-bond acceptors (Lipinski definition) is 5. The Hall–Kier alpha value is -0.940. The fraction of sp³-hybridized carbons (Fsp3) is 0.875. The molecule has 0 amide bonds. The van der Waals surface area contributed by atoms with Crippen LogP contribution in [0.4, 0.5) is 0 Å². The molecule has 21 heavy (non-hydrogen) atoms. The summed E-state index contributed by atoms with van der Waals surface area (Å²) in [7, 11) is 0. The molecule has 0 spiro atoms. The van der Waals surface area contributed by atoms with Gasteiger partial charge in [0, 0.05) is 6.61 Å². The van der Waals surface area contributed by atoms with Crippen LogP contribution in [0.3, 0.4) is 0 Å². The molecule has 5 nitrogen and oxygen atoms in total. The number of ether oxygens (including phenoxy) is 1. The lowest BCUT2D eigenvalue weighted by Crippen LogP contribution is -2.38. The smallest absolute Gasteiger partial charge is 0.243 e. The molecule has 2 heterocycles. The standard InChI is InChI=1S/C16H27N3O2/c1-4-20-16(9-7-15(2,3)8-10-16)14-18-13(21-19-14)12-6-5-11-17-12/h12,17H,4-11H2,1-3H3/t12-/m1/s1. The first-order valence-corrected chi connectivity index (χ1v) is 8.26. The number of rotatable bonds is 4. The fourth-order valence-corrected chi connectivity index (χ4v) is 3.50. The van der Waals surface area contributed by atoms with Crippen LogP contribution in [0.2, 0.25) is 0 Å². The monoisotopic (exact) mass is 293 g/mol. The molecule has 118 valence electrons. The summed E-state index contributed by atoms with van der Waals surface area (Å²) in [5, 5.41) is 7.68. The Labute approximate surface area is 126 Å². The van der Waals surface area contributed by atoms with Crippen LogP contribution in [0.15, 0.2) is 4.52 Å². The molecule has 1 aliphatic carbocycles. The number of aromatic nitrogens is 2. The van der Waals surface area contributed by atoms with Crippen LogP contribution < -0.4 is 5.32 Å². The van der Waals surface area contributed by atoms with Crippen molar-refractivity contribution in [2.24, 2.45) is 5.41 Å². The van der Waals surface area contributed by atoms with E-state index in [0.29, 0.717) is 12.0 Å². The van der Waals surface area contributed by atoms with E-state index >= 15 is 0 Å². The lowest BCUT2D eigenvalue weighted by molar-refractivity contribution is -0.0957. The van der Waals surface area contributed by atoms with Gasteiger partial charge in [0.2, 0.25) is 11.7 Å². The summed E-state index contributed by atoms with van der Waals surface area (Å²) in [6.45, 7) is 8.42. The molecule has 1 aliphatic heterocycles. The Bertz CT molecular complexity index is 468. The quantitative estimate of drug-likeness (QED) is 0.922. The summed E-state index contributed by atoms with van der Waals surface area (Å²) in [6, 6.07) is 0.227. The zero-order valence-corrected chi connectivity index (χ0v) is 13.4. The largest absolute Gasteiger partial charge is 0.367 e. The maximum absolute atomic E-state index is 6.12. The van der Waals surface area contributed by atoms with E-state index in [1.54, 1.807) is 0 Å². The maximum atomic E-state index is 6.12. The van der Waals surface area contributed by atoms with Crippen molar-refractivity contribution < 1.29 is 9.26 Å². The molecule has 2 aliphatic rings. The van der Waals surface area contributed by atoms with Gasteiger partial charge in [-0.05, 0) is 57.4 Å². The van der Waals surface area contributed by atoms with Crippen molar-refractivity contribution >= 4 is 0 Å². The average Bonchev–Trinajstić information content (AvgIpc) is 3.11. The molecular formula is C16H27N3O2. The second-order valence-electron chi connectivity index (χ2n) is 7.20. The van der Waals surface area contributed by atoms with E-state index in [1.807, 2.05) is 6.92 Å². The van der Waals surface area contributed by atoms with Crippen LogP contribution in [-0.4, -0.2) is 23.3 Å². The third kappa shape index (κ3) is 2.99. The Morgan fingerprint density at radius 2 is 2.05 bits per heavy atom. The Balaban J connectivity index is 1.81. The van der Waals surface area contributed by atoms with E-state index in [-0.39, 0.29) is 11.6 Å². The third-order valence-electron chi connectivity index (χ3n) is 5.04. The highest BCUT2D eigenvalue weighted by atomic mass is 16.5. The first-order chi connectivity index (χ1) is 10.0. The van der Waals surface area contributed by atoms with Crippen LogP contribution in [0.1, 0.15) is 77.1 Å². The summed E-state index contributed by atoms with van der Waals surface area (Å²) >= 11 is 0. The first kappa shape index (κ1) is 15.0. The highest BCUT2D eigenvalue weighted by Gasteiger charge is 2.44. The molecule has 3 rings (SSSR count). The van der Waals surface area contributed by atoms with Crippen LogP contribution in [0, 0.1) is 5.41 Å². The van der Waals surface area contributed by atoms with Crippen LogP contribution in [-0.2, 0) is 10.3 Å². The second kappa shape index (κ2) is 5.69. The van der Waals surface area contributed by atoms with Crippen molar-refractivity contribution in [1.82, 2.24) is 15.5 Å². The van der Waals surface area contributed by atoms with Gasteiger partial charge >= 0.3 is 0 Å². The van der Waals surface area contributed by atoms with E-state index in [1.165, 1.54) is 6.42 Å². The lowest BCUT2D eigenvalue weighted by Gasteiger charge is -2.41. The Morgan fingerprint density at radius 1 is 1.29 bits per heavy atom. The van der Waals surface area contributed by atoms with E-state index in [9.17, 15) is 0 Å². The van der Waals surface area contributed by atoms with Gasteiger partial charge in [-0.25, -0.2) is 0 Å². The molecule has 1 aromatic rings.